The largest absolute Gasteiger partial charge is 0.375 e. The second-order valence-corrected chi connectivity index (χ2v) is 6.19. The van der Waals surface area contributed by atoms with Crippen molar-refractivity contribution in [2.45, 2.75) is 18.5 Å². The summed E-state index contributed by atoms with van der Waals surface area (Å²) in [4.78, 5) is 7.68. The molecule has 2 atom stereocenters. The molecule has 0 saturated carbocycles. The van der Waals surface area contributed by atoms with E-state index in [0.717, 1.165) is 19.6 Å². The van der Waals surface area contributed by atoms with Crippen LogP contribution < -0.4 is 11.5 Å². The molecule has 1 aliphatic rings. The van der Waals surface area contributed by atoms with Crippen LogP contribution in [-0.4, -0.2) is 29.0 Å². The van der Waals surface area contributed by atoms with Crippen LogP contribution in [0.25, 0.3) is 0 Å². The molecule has 1 fully saturated rings. The van der Waals surface area contributed by atoms with E-state index in [-0.39, 0.29) is 30.9 Å². The Hall–Kier alpha value is -0.850. The molecule has 2 aromatic rings. The average Bonchev–Trinajstić information content (AvgIpc) is 2.97. The van der Waals surface area contributed by atoms with Crippen molar-refractivity contribution in [3.8, 4) is 0 Å². The van der Waals surface area contributed by atoms with E-state index < -0.39 is 0 Å². The molecule has 0 aliphatic carbocycles. The Bertz CT molecular complexity index is 549. The summed E-state index contributed by atoms with van der Waals surface area (Å²) in [5.74, 6) is 0.423. The highest BCUT2D eigenvalue weighted by Gasteiger charge is 2.31. The Kier molecular flexibility index (Phi) is 6.90. The summed E-state index contributed by atoms with van der Waals surface area (Å²) in [7, 11) is 0. The Labute approximate surface area is 141 Å². The lowest BCUT2D eigenvalue weighted by atomic mass is 9.95. The Morgan fingerprint density at radius 1 is 1.19 bits per heavy atom. The average molecular weight is 347 g/mol. The fourth-order valence-corrected chi connectivity index (χ4v) is 3.44. The smallest absolute Gasteiger partial charge is 0.180 e. The molecule has 4 N–H and O–H groups in total. The molecule has 7 heteroatoms. The highest BCUT2D eigenvalue weighted by molar-refractivity contribution is 7.15. The van der Waals surface area contributed by atoms with E-state index in [1.807, 2.05) is 12.3 Å². The summed E-state index contributed by atoms with van der Waals surface area (Å²) in [6.45, 7) is 2.83. The first-order valence-corrected chi connectivity index (χ1v) is 7.27. The van der Waals surface area contributed by atoms with Crippen LogP contribution in [0.4, 0.5) is 5.13 Å². The van der Waals surface area contributed by atoms with E-state index in [2.05, 4.69) is 34.1 Å². The molecule has 1 aliphatic heterocycles. The molecule has 0 unspecified atom stereocenters. The number of thiazole rings is 1. The number of benzene rings is 1. The number of anilines is 1. The molecule has 1 saturated heterocycles. The molecule has 4 nitrogen and oxygen atoms in total. The number of nitrogens with two attached hydrogens (primary N) is 2. The van der Waals surface area contributed by atoms with Gasteiger partial charge in [0.2, 0.25) is 0 Å². The second-order valence-electron chi connectivity index (χ2n) is 5.04. The Balaban J connectivity index is 0.00000110. The van der Waals surface area contributed by atoms with E-state index in [1.54, 1.807) is 11.3 Å². The maximum Gasteiger partial charge on any atom is 0.180 e. The van der Waals surface area contributed by atoms with Crippen molar-refractivity contribution in [3.63, 3.8) is 0 Å². The fourth-order valence-electron chi connectivity index (χ4n) is 2.71. The molecule has 0 spiro atoms. The van der Waals surface area contributed by atoms with Gasteiger partial charge in [0.25, 0.3) is 0 Å². The van der Waals surface area contributed by atoms with Crippen molar-refractivity contribution in [3.05, 3.63) is 47.0 Å². The second kappa shape index (κ2) is 7.96. The summed E-state index contributed by atoms with van der Waals surface area (Å²) in [6, 6.07) is 10.7. The van der Waals surface area contributed by atoms with Crippen LogP contribution in [-0.2, 0) is 6.54 Å². The van der Waals surface area contributed by atoms with Gasteiger partial charge in [-0.15, -0.1) is 36.2 Å². The summed E-state index contributed by atoms with van der Waals surface area (Å²) in [5, 5.41) is 0.637. The van der Waals surface area contributed by atoms with Crippen molar-refractivity contribution in [1.82, 2.24) is 9.88 Å². The van der Waals surface area contributed by atoms with Crippen LogP contribution in [0.1, 0.15) is 16.4 Å². The van der Waals surface area contributed by atoms with E-state index in [4.69, 9.17) is 11.5 Å². The Morgan fingerprint density at radius 2 is 1.90 bits per heavy atom. The predicted molar refractivity (Wildman–Crippen MR) is 93.5 cm³/mol. The van der Waals surface area contributed by atoms with Crippen LogP contribution >= 0.6 is 36.2 Å². The molecule has 3 rings (SSSR count). The van der Waals surface area contributed by atoms with Crippen LogP contribution in [0, 0.1) is 0 Å². The monoisotopic (exact) mass is 346 g/mol. The lowest BCUT2D eigenvalue weighted by Crippen LogP contribution is -2.28. The summed E-state index contributed by atoms with van der Waals surface area (Å²) < 4.78 is 0. The van der Waals surface area contributed by atoms with E-state index >= 15 is 0 Å². The third-order valence-corrected chi connectivity index (χ3v) is 4.43. The van der Waals surface area contributed by atoms with Crippen LogP contribution in [0.15, 0.2) is 36.5 Å². The molecule has 21 heavy (non-hydrogen) atoms. The summed E-state index contributed by atoms with van der Waals surface area (Å²) >= 11 is 1.56. The zero-order chi connectivity index (χ0) is 13.2. The molecule has 1 aromatic carbocycles. The lowest BCUT2D eigenvalue weighted by molar-refractivity contribution is 0.326. The van der Waals surface area contributed by atoms with Crippen molar-refractivity contribution in [2.75, 3.05) is 18.8 Å². The molecule has 2 heterocycles. The maximum absolute atomic E-state index is 6.28. The fraction of sp³-hybridized carbons (Fsp3) is 0.357. The number of nitrogen functional groups attached to an aromatic ring is 1. The maximum atomic E-state index is 6.28. The number of hydrogen-bond acceptors (Lipinski definition) is 5. The number of hydrogen-bond donors (Lipinski definition) is 2. The lowest BCUT2D eigenvalue weighted by Gasteiger charge is -2.15. The zero-order valence-corrected chi connectivity index (χ0v) is 14.0. The van der Waals surface area contributed by atoms with Crippen molar-refractivity contribution in [1.29, 1.82) is 0 Å². The van der Waals surface area contributed by atoms with Crippen molar-refractivity contribution < 1.29 is 0 Å². The van der Waals surface area contributed by atoms with Crippen LogP contribution in [0.5, 0.6) is 0 Å². The summed E-state index contributed by atoms with van der Waals surface area (Å²) in [5.41, 5.74) is 13.3. The quantitative estimate of drug-likeness (QED) is 0.895. The number of halogens is 2. The number of aromatic nitrogens is 1. The van der Waals surface area contributed by atoms with Gasteiger partial charge in [0.1, 0.15) is 0 Å². The standard InChI is InChI=1S/C14H18N4S.2ClH/c15-13-9-18(7-11-6-17-14(16)19-11)8-12(13)10-4-2-1-3-5-10;;/h1-6,12-13H,7-9,15H2,(H2,16,17);2*1H/t12-,13+;;/m0../s1. The molecule has 0 bridgehead atoms. The van der Waals surface area contributed by atoms with Crippen molar-refractivity contribution >= 4 is 41.3 Å². The molecular weight excluding hydrogens is 327 g/mol. The SMILES string of the molecule is Cl.Cl.Nc1ncc(CN2C[C@@H](N)[C@H](c3ccccc3)C2)s1. The van der Waals surface area contributed by atoms with Crippen LogP contribution in [0.3, 0.4) is 0 Å². The predicted octanol–water partition coefficient (Wildman–Crippen LogP) is 2.50. The van der Waals surface area contributed by atoms with Gasteiger partial charge in [0.15, 0.2) is 5.13 Å². The van der Waals surface area contributed by atoms with E-state index in [1.165, 1.54) is 10.4 Å². The van der Waals surface area contributed by atoms with Gasteiger partial charge >= 0.3 is 0 Å². The van der Waals surface area contributed by atoms with Gasteiger partial charge in [-0.3, -0.25) is 4.90 Å². The molecule has 1 aromatic heterocycles. The Morgan fingerprint density at radius 3 is 2.52 bits per heavy atom. The van der Waals surface area contributed by atoms with Gasteiger partial charge in [-0.05, 0) is 5.56 Å². The van der Waals surface area contributed by atoms with Gasteiger partial charge < -0.3 is 11.5 Å². The first-order valence-electron chi connectivity index (χ1n) is 6.45. The minimum absolute atomic E-state index is 0. The number of rotatable bonds is 3. The minimum atomic E-state index is 0. The normalized spacial score (nSPS) is 21.6. The minimum Gasteiger partial charge on any atom is -0.375 e. The molecular formula is C14H20Cl2N4S. The zero-order valence-electron chi connectivity index (χ0n) is 11.5. The summed E-state index contributed by atoms with van der Waals surface area (Å²) in [6.07, 6.45) is 1.86. The van der Waals surface area contributed by atoms with E-state index in [0.29, 0.717) is 11.0 Å². The topological polar surface area (TPSA) is 68.2 Å². The molecule has 0 amide bonds. The van der Waals surface area contributed by atoms with Gasteiger partial charge in [-0.2, -0.15) is 0 Å². The van der Waals surface area contributed by atoms with E-state index in [9.17, 15) is 0 Å². The van der Waals surface area contributed by atoms with Gasteiger partial charge in [-0.25, -0.2) is 4.98 Å². The highest BCUT2D eigenvalue weighted by Crippen LogP contribution is 2.28. The van der Waals surface area contributed by atoms with Gasteiger partial charge in [0, 0.05) is 42.7 Å². The number of nitrogens with zero attached hydrogens (tertiary/aromatic N) is 2. The van der Waals surface area contributed by atoms with Crippen molar-refractivity contribution in [2.24, 2.45) is 5.73 Å². The van der Waals surface area contributed by atoms with Crippen LogP contribution in [0.2, 0.25) is 0 Å². The third-order valence-electron chi connectivity index (χ3n) is 3.62. The highest BCUT2D eigenvalue weighted by atomic mass is 35.5. The van der Waals surface area contributed by atoms with Gasteiger partial charge in [-0.1, -0.05) is 30.3 Å². The first-order chi connectivity index (χ1) is 9.22. The third kappa shape index (κ3) is 4.31. The number of likely N-dealkylation sites (tertiary alicyclic amines) is 1. The molecule has 116 valence electrons. The van der Waals surface area contributed by atoms with Gasteiger partial charge in [0.05, 0.1) is 0 Å². The first kappa shape index (κ1) is 18.2. The molecule has 0 radical (unpaired) electrons.